The van der Waals surface area contributed by atoms with Gasteiger partial charge in [-0.2, -0.15) is 10.4 Å². The van der Waals surface area contributed by atoms with E-state index < -0.39 is 5.91 Å². The Bertz CT molecular complexity index is 2160. The predicted octanol–water partition coefficient (Wildman–Crippen LogP) is 5.90. The molecule has 0 spiro atoms. The van der Waals surface area contributed by atoms with E-state index >= 15 is 0 Å². The number of ketones is 1. The fraction of sp³-hybridized carbons (Fsp3) is 0.154. The van der Waals surface area contributed by atoms with Gasteiger partial charge in [0.15, 0.2) is 5.78 Å². The van der Waals surface area contributed by atoms with Crippen LogP contribution in [0.1, 0.15) is 60.4 Å². The summed E-state index contributed by atoms with van der Waals surface area (Å²) in [7, 11) is 1.46. The molecule has 10 nitrogen and oxygen atoms in total. The van der Waals surface area contributed by atoms with Crippen LogP contribution >= 0.6 is 0 Å². The second-order valence-corrected chi connectivity index (χ2v) is 11.5. The minimum absolute atomic E-state index is 0.121. The molecular weight excluding hydrogens is 618 g/mol. The van der Waals surface area contributed by atoms with Crippen molar-refractivity contribution in [3.63, 3.8) is 0 Å². The summed E-state index contributed by atoms with van der Waals surface area (Å²) in [4.78, 5) is 42.1. The summed E-state index contributed by atoms with van der Waals surface area (Å²) in [5.41, 5.74) is 4.68. The number of anilines is 2. The third kappa shape index (κ3) is 6.76. The number of amides is 2. The predicted molar refractivity (Wildman–Crippen MR) is 184 cm³/mol. The summed E-state index contributed by atoms with van der Waals surface area (Å²) in [6.45, 7) is 2.45. The van der Waals surface area contributed by atoms with Crippen LogP contribution in [0.15, 0.2) is 97.2 Å². The zero-order chi connectivity index (χ0) is 34.5. The Morgan fingerprint density at radius 2 is 1.76 bits per heavy atom. The topological polar surface area (TPSA) is 127 Å². The average Bonchev–Trinajstić information content (AvgIpc) is 3.55. The van der Waals surface area contributed by atoms with E-state index in [2.05, 4.69) is 16.3 Å². The zero-order valence-corrected chi connectivity index (χ0v) is 26.8. The van der Waals surface area contributed by atoms with Crippen LogP contribution in [-0.4, -0.2) is 47.1 Å². The van der Waals surface area contributed by atoms with Crippen molar-refractivity contribution >= 4 is 29.0 Å². The van der Waals surface area contributed by atoms with E-state index in [9.17, 15) is 19.6 Å². The Labute approximate surface area is 283 Å². The van der Waals surface area contributed by atoms with Crippen molar-refractivity contribution in [3.05, 3.63) is 136 Å². The second-order valence-electron chi connectivity index (χ2n) is 11.5. The first kappa shape index (κ1) is 32.3. The molecule has 2 amide bonds. The molecule has 0 bridgehead atoms. The first-order valence-electron chi connectivity index (χ1n) is 15.5. The van der Waals surface area contributed by atoms with Crippen LogP contribution in [0.2, 0.25) is 0 Å². The Kier molecular flexibility index (Phi) is 9.23. The van der Waals surface area contributed by atoms with E-state index in [0.29, 0.717) is 47.0 Å². The zero-order valence-electron chi connectivity index (χ0n) is 26.8. The largest absolute Gasteiger partial charge is 0.495 e. The van der Waals surface area contributed by atoms with Gasteiger partial charge >= 0.3 is 0 Å². The van der Waals surface area contributed by atoms with Crippen molar-refractivity contribution in [2.45, 2.75) is 25.9 Å². The van der Waals surface area contributed by atoms with Crippen molar-refractivity contribution in [2.24, 2.45) is 0 Å². The van der Waals surface area contributed by atoms with Crippen molar-refractivity contribution in [1.29, 1.82) is 5.26 Å². The number of hydrogen-bond donors (Lipinski definition) is 1. The molecule has 0 radical (unpaired) electrons. The van der Waals surface area contributed by atoms with Crippen molar-refractivity contribution in [2.75, 3.05) is 23.9 Å². The molecule has 0 saturated heterocycles. The molecule has 1 aliphatic heterocycles. The highest BCUT2D eigenvalue weighted by Crippen LogP contribution is 2.29. The third-order valence-electron chi connectivity index (χ3n) is 8.19. The summed E-state index contributed by atoms with van der Waals surface area (Å²) in [6.07, 6.45) is 7.25. The standard InChI is InChI=1S/C39H31N5O5/c1-4-17-49-33-10-6-9-29(21-33)37(45)28-8-5-7-27(19-28)18-26-11-14-32(15-12-26)44-25(2)24-43-36(39(44)47)34(23-41-43)38(46)42-31-13-16-35(48-3)30(20-31)22-40/h1,5-16,19-21,23,25H,17-18,24H2,2-3H3,(H,42,46)/t25-/m0/s1. The molecule has 0 fully saturated rings. The average molecular weight is 650 g/mol. The maximum Gasteiger partial charge on any atom is 0.277 e. The number of ether oxygens (including phenoxy) is 2. The van der Waals surface area contributed by atoms with E-state index in [1.54, 1.807) is 52.0 Å². The summed E-state index contributed by atoms with van der Waals surface area (Å²) in [5, 5.41) is 16.5. The first-order chi connectivity index (χ1) is 23.8. The molecule has 1 N–H and O–H groups in total. The lowest BCUT2D eigenvalue weighted by Gasteiger charge is -2.34. The lowest BCUT2D eigenvalue weighted by atomic mass is 9.98. The van der Waals surface area contributed by atoms with Crippen LogP contribution in [0.3, 0.4) is 0 Å². The molecule has 2 heterocycles. The Morgan fingerprint density at radius 1 is 1.00 bits per heavy atom. The number of nitrogens with zero attached hydrogens (tertiary/aromatic N) is 4. The van der Waals surface area contributed by atoms with Crippen molar-refractivity contribution < 1.29 is 23.9 Å². The Balaban J connectivity index is 1.17. The number of rotatable bonds is 10. The lowest BCUT2D eigenvalue weighted by Crippen LogP contribution is -2.47. The van der Waals surface area contributed by atoms with E-state index in [1.165, 1.54) is 19.4 Å². The van der Waals surface area contributed by atoms with E-state index in [0.717, 1.165) is 11.1 Å². The van der Waals surface area contributed by atoms with Gasteiger partial charge in [-0.15, -0.1) is 6.42 Å². The van der Waals surface area contributed by atoms with Gasteiger partial charge in [-0.3, -0.25) is 19.1 Å². The monoisotopic (exact) mass is 649 g/mol. The van der Waals surface area contributed by atoms with Crippen LogP contribution in [0.5, 0.6) is 11.5 Å². The number of carbonyl (C=O) groups excluding carboxylic acids is 3. The fourth-order valence-electron chi connectivity index (χ4n) is 5.86. The second kappa shape index (κ2) is 14.0. The van der Waals surface area contributed by atoms with Crippen molar-refractivity contribution in [1.82, 2.24) is 9.78 Å². The highest BCUT2D eigenvalue weighted by Gasteiger charge is 2.36. The van der Waals surface area contributed by atoms with Gasteiger partial charge in [0.2, 0.25) is 0 Å². The minimum Gasteiger partial charge on any atom is -0.495 e. The maximum absolute atomic E-state index is 13.9. The molecule has 0 saturated carbocycles. The number of terminal acetylenes is 1. The molecule has 242 valence electrons. The number of nitrogens with one attached hydrogen (secondary N) is 1. The maximum atomic E-state index is 13.9. The quantitative estimate of drug-likeness (QED) is 0.148. The summed E-state index contributed by atoms with van der Waals surface area (Å²) in [5.74, 6) is 2.37. The van der Waals surface area contributed by atoms with Crippen molar-refractivity contribution in [3.8, 4) is 29.9 Å². The minimum atomic E-state index is -0.515. The van der Waals surface area contributed by atoms with Gasteiger partial charge in [0, 0.05) is 22.5 Å². The number of hydrogen-bond acceptors (Lipinski definition) is 7. The van der Waals surface area contributed by atoms with Crippen LogP contribution in [-0.2, 0) is 13.0 Å². The van der Waals surface area contributed by atoms with Gasteiger partial charge < -0.3 is 19.7 Å². The Morgan fingerprint density at radius 3 is 2.49 bits per heavy atom. The van der Waals surface area contributed by atoms with Crippen LogP contribution in [0.4, 0.5) is 11.4 Å². The lowest BCUT2D eigenvalue weighted by molar-refractivity contribution is 0.0933. The van der Waals surface area contributed by atoms with Gasteiger partial charge in [-0.05, 0) is 73.0 Å². The summed E-state index contributed by atoms with van der Waals surface area (Å²) < 4.78 is 12.2. The summed E-state index contributed by atoms with van der Waals surface area (Å²) >= 11 is 0. The highest BCUT2D eigenvalue weighted by molar-refractivity contribution is 6.16. The normalized spacial score (nSPS) is 13.5. The molecule has 49 heavy (non-hydrogen) atoms. The van der Waals surface area contributed by atoms with Gasteiger partial charge in [-0.1, -0.05) is 48.4 Å². The molecule has 1 aliphatic rings. The molecular formula is C39H31N5O5. The van der Waals surface area contributed by atoms with Gasteiger partial charge in [0.1, 0.15) is 29.9 Å². The van der Waals surface area contributed by atoms with Gasteiger partial charge in [0.05, 0.1) is 37.0 Å². The van der Waals surface area contributed by atoms with E-state index in [1.807, 2.05) is 55.5 Å². The van der Waals surface area contributed by atoms with Gasteiger partial charge in [-0.25, -0.2) is 0 Å². The number of aromatic nitrogens is 2. The number of carbonyl (C=O) groups is 3. The molecule has 4 aromatic carbocycles. The molecule has 10 heteroatoms. The molecule has 0 unspecified atom stereocenters. The van der Waals surface area contributed by atoms with E-state index in [-0.39, 0.29) is 41.2 Å². The number of methoxy groups -OCH3 is 1. The highest BCUT2D eigenvalue weighted by atomic mass is 16.5. The van der Waals surface area contributed by atoms with Crippen LogP contribution in [0, 0.1) is 23.7 Å². The third-order valence-corrected chi connectivity index (χ3v) is 8.19. The number of benzene rings is 4. The van der Waals surface area contributed by atoms with Crippen LogP contribution in [0.25, 0.3) is 0 Å². The molecule has 5 aromatic rings. The summed E-state index contributed by atoms with van der Waals surface area (Å²) in [6, 6.07) is 28.6. The number of nitriles is 1. The van der Waals surface area contributed by atoms with Crippen LogP contribution < -0.4 is 19.7 Å². The molecule has 6 rings (SSSR count). The van der Waals surface area contributed by atoms with E-state index in [4.69, 9.17) is 15.9 Å². The smallest absolute Gasteiger partial charge is 0.277 e. The Hall–Kier alpha value is -6.65. The van der Waals surface area contributed by atoms with Gasteiger partial charge in [0.25, 0.3) is 11.8 Å². The molecule has 1 aromatic heterocycles. The molecule has 1 atom stereocenters. The fourth-order valence-corrected chi connectivity index (χ4v) is 5.86. The number of fused-ring (bicyclic) bond motifs is 1. The first-order valence-corrected chi connectivity index (χ1v) is 15.5. The molecule has 0 aliphatic carbocycles. The SMILES string of the molecule is C#CCOc1cccc(C(=O)c2cccc(Cc3ccc(N4C(=O)c5c(C(=O)Nc6ccc(OC)c(C#N)c6)cnn5C[C@@H]4C)cc3)c2)c1.